The summed E-state index contributed by atoms with van der Waals surface area (Å²) in [5, 5.41) is 0. The van der Waals surface area contributed by atoms with E-state index in [2.05, 4.69) is 6.92 Å². The van der Waals surface area contributed by atoms with Crippen LogP contribution in [0.25, 0.3) is 0 Å². The van der Waals surface area contributed by atoms with Crippen LogP contribution in [0.3, 0.4) is 0 Å². The molecule has 0 aromatic rings. The molecule has 1 heterocycles. The first kappa shape index (κ1) is 11.0. The van der Waals surface area contributed by atoms with Crippen molar-refractivity contribution in [3.05, 3.63) is 0 Å². The lowest BCUT2D eigenvalue weighted by Crippen LogP contribution is -2.45. The van der Waals surface area contributed by atoms with Crippen molar-refractivity contribution in [1.29, 1.82) is 0 Å². The molecule has 80 valence electrons. The summed E-state index contributed by atoms with van der Waals surface area (Å²) in [5.74, 6) is 4.30. The number of rotatable bonds is 0. The number of nitrogens with one attached hydrogen (secondary N) is 1. The van der Waals surface area contributed by atoms with Crippen LogP contribution in [-0.4, -0.2) is 29.8 Å². The second-order valence-corrected chi connectivity index (χ2v) is 3.80. The molecule has 1 aliphatic rings. The molecule has 5 nitrogen and oxygen atoms in total. The Morgan fingerprint density at radius 2 is 2.07 bits per heavy atom. The van der Waals surface area contributed by atoms with Gasteiger partial charge in [0.1, 0.15) is 0 Å². The number of likely N-dealkylation sites (tertiary alicyclic amines) is 1. The molecule has 0 aromatic heterocycles. The molecule has 1 saturated heterocycles. The molecule has 14 heavy (non-hydrogen) atoms. The Labute approximate surface area is 83.6 Å². The van der Waals surface area contributed by atoms with Gasteiger partial charge in [-0.2, -0.15) is 0 Å². The number of hydrogen-bond donors (Lipinski definition) is 2. The number of carbonyl (C=O) groups is 2. The number of hydrogen-bond acceptors (Lipinski definition) is 3. The Balaban J connectivity index is 2.51. The molecule has 5 heteroatoms. The van der Waals surface area contributed by atoms with Crippen molar-refractivity contribution in [1.82, 2.24) is 10.3 Å². The highest BCUT2D eigenvalue weighted by Crippen LogP contribution is 2.16. The summed E-state index contributed by atoms with van der Waals surface area (Å²) in [6.45, 7) is 3.49. The molecule has 1 rings (SSSR count). The third-order valence-corrected chi connectivity index (χ3v) is 2.63. The van der Waals surface area contributed by atoms with Crippen molar-refractivity contribution in [2.45, 2.75) is 26.2 Å². The minimum absolute atomic E-state index is 0.512. The second-order valence-electron chi connectivity index (χ2n) is 3.80. The van der Waals surface area contributed by atoms with E-state index < -0.39 is 11.8 Å². The summed E-state index contributed by atoms with van der Waals surface area (Å²) in [6.07, 6.45) is 3.04. The van der Waals surface area contributed by atoms with Gasteiger partial charge in [0, 0.05) is 13.1 Å². The zero-order valence-electron chi connectivity index (χ0n) is 8.45. The van der Waals surface area contributed by atoms with Gasteiger partial charge in [-0.05, 0) is 25.2 Å². The van der Waals surface area contributed by atoms with Gasteiger partial charge in [-0.15, -0.1) is 0 Å². The van der Waals surface area contributed by atoms with Gasteiger partial charge < -0.3 is 4.90 Å². The quantitative estimate of drug-likeness (QED) is 0.242. The van der Waals surface area contributed by atoms with Gasteiger partial charge in [-0.25, -0.2) is 5.84 Å². The normalized spacial score (nSPS) is 22.7. The molecule has 0 aromatic carbocycles. The third-order valence-electron chi connectivity index (χ3n) is 2.63. The molecule has 1 atom stereocenters. The molecular weight excluding hydrogens is 182 g/mol. The first-order valence-electron chi connectivity index (χ1n) is 4.95. The van der Waals surface area contributed by atoms with Crippen LogP contribution in [0.2, 0.25) is 0 Å². The zero-order chi connectivity index (χ0) is 10.6. The van der Waals surface area contributed by atoms with E-state index in [1.165, 1.54) is 0 Å². The van der Waals surface area contributed by atoms with Crippen molar-refractivity contribution < 1.29 is 9.59 Å². The van der Waals surface area contributed by atoms with E-state index >= 15 is 0 Å². The lowest BCUT2D eigenvalue weighted by Gasteiger charge is -2.18. The summed E-state index contributed by atoms with van der Waals surface area (Å²) in [5.41, 5.74) is 1.86. The van der Waals surface area contributed by atoms with Gasteiger partial charge in [0.25, 0.3) is 0 Å². The fourth-order valence-electron chi connectivity index (χ4n) is 1.67. The highest BCUT2D eigenvalue weighted by molar-refractivity contribution is 6.34. The van der Waals surface area contributed by atoms with E-state index in [1.54, 1.807) is 4.90 Å². The molecular formula is C9H17N3O2. The van der Waals surface area contributed by atoms with Crippen LogP contribution in [-0.2, 0) is 9.59 Å². The minimum Gasteiger partial charge on any atom is -0.334 e. The molecule has 1 aliphatic heterocycles. The fourth-order valence-corrected chi connectivity index (χ4v) is 1.67. The van der Waals surface area contributed by atoms with E-state index in [9.17, 15) is 9.59 Å². The van der Waals surface area contributed by atoms with E-state index in [1.807, 2.05) is 5.43 Å². The Hall–Kier alpha value is -1.10. The number of hydrazine groups is 1. The first-order valence-corrected chi connectivity index (χ1v) is 4.95. The Morgan fingerprint density at radius 1 is 1.36 bits per heavy atom. The fraction of sp³-hybridized carbons (Fsp3) is 0.778. The topological polar surface area (TPSA) is 75.4 Å². The second kappa shape index (κ2) is 4.95. The molecule has 1 fully saturated rings. The lowest BCUT2D eigenvalue weighted by molar-refractivity contribution is -0.145. The summed E-state index contributed by atoms with van der Waals surface area (Å²) < 4.78 is 0. The van der Waals surface area contributed by atoms with Crippen LogP contribution in [0.15, 0.2) is 0 Å². The monoisotopic (exact) mass is 199 g/mol. The van der Waals surface area contributed by atoms with Crippen LogP contribution in [0, 0.1) is 5.92 Å². The van der Waals surface area contributed by atoms with Crippen molar-refractivity contribution in [2.75, 3.05) is 13.1 Å². The standard InChI is InChI=1S/C9H17N3O2/c1-7-3-2-5-12(6-4-7)9(14)8(13)11-10/h7H,2-6,10H2,1H3,(H,11,13). The maximum Gasteiger partial charge on any atom is 0.323 e. The van der Waals surface area contributed by atoms with Gasteiger partial charge >= 0.3 is 11.8 Å². The van der Waals surface area contributed by atoms with Gasteiger partial charge in [-0.1, -0.05) is 6.92 Å². The molecule has 0 radical (unpaired) electrons. The molecule has 0 aliphatic carbocycles. The van der Waals surface area contributed by atoms with Crippen LogP contribution < -0.4 is 11.3 Å². The van der Waals surface area contributed by atoms with Gasteiger partial charge in [-0.3, -0.25) is 15.0 Å². The van der Waals surface area contributed by atoms with E-state index in [-0.39, 0.29) is 0 Å². The van der Waals surface area contributed by atoms with Crippen LogP contribution in [0.5, 0.6) is 0 Å². The van der Waals surface area contributed by atoms with Gasteiger partial charge in [0.15, 0.2) is 0 Å². The van der Waals surface area contributed by atoms with Crippen molar-refractivity contribution in [3.8, 4) is 0 Å². The lowest BCUT2D eigenvalue weighted by atomic mass is 10.0. The molecule has 0 spiro atoms. The molecule has 0 saturated carbocycles. The maximum absolute atomic E-state index is 11.4. The highest BCUT2D eigenvalue weighted by Gasteiger charge is 2.23. The Kier molecular flexibility index (Phi) is 3.88. The number of nitrogens with zero attached hydrogens (tertiary/aromatic N) is 1. The van der Waals surface area contributed by atoms with Crippen molar-refractivity contribution in [3.63, 3.8) is 0 Å². The largest absolute Gasteiger partial charge is 0.334 e. The number of carbonyl (C=O) groups excluding carboxylic acids is 2. The summed E-state index contributed by atoms with van der Waals surface area (Å²) in [7, 11) is 0. The predicted octanol–water partition coefficient (Wildman–Crippen LogP) is -0.375. The molecule has 2 amide bonds. The summed E-state index contributed by atoms with van der Waals surface area (Å²) in [4.78, 5) is 24.0. The van der Waals surface area contributed by atoms with E-state index in [4.69, 9.17) is 5.84 Å². The molecule has 1 unspecified atom stereocenters. The first-order chi connectivity index (χ1) is 6.65. The average molecular weight is 199 g/mol. The predicted molar refractivity (Wildman–Crippen MR) is 51.9 cm³/mol. The Morgan fingerprint density at radius 3 is 2.71 bits per heavy atom. The minimum atomic E-state index is -0.723. The van der Waals surface area contributed by atoms with E-state index in [0.717, 1.165) is 19.3 Å². The SMILES string of the molecule is CC1CCCN(C(=O)C(=O)NN)CC1. The number of nitrogens with two attached hydrogens (primary N) is 1. The van der Waals surface area contributed by atoms with E-state index in [0.29, 0.717) is 19.0 Å². The maximum atomic E-state index is 11.4. The van der Waals surface area contributed by atoms with Crippen molar-refractivity contribution in [2.24, 2.45) is 11.8 Å². The van der Waals surface area contributed by atoms with Crippen molar-refractivity contribution >= 4 is 11.8 Å². The van der Waals surface area contributed by atoms with Crippen LogP contribution in [0.4, 0.5) is 0 Å². The molecule has 0 bridgehead atoms. The number of amides is 2. The average Bonchev–Trinajstić information content (AvgIpc) is 2.40. The zero-order valence-corrected chi connectivity index (χ0v) is 8.45. The van der Waals surface area contributed by atoms with Crippen LogP contribution in [0.1, 0.15) is 26.2 Å². The van der Waals surface area contributed by atoms with Gasteiger partial charge in [0.2, 0.25) is 0 Å². The Bertz CT molecular complexity index is 230. The van der Waals surface area contributed by atoms with Gasteiger partial charge in [0.05, 0.1) is 0 Å². The summed E-state index contributed by atoms with van der Waals surface area (Å²) >= 11 is 0. The summed E-state index contributed by atoms with van der Waals surface area (Å²) in [6, 6.07) is 0. The highest BCUT2D eigenvalue weighted by atomic mass is 16.2. The van der Waals surface area contributed by atoms with Crippen LogP contribution >= 0.6 is 0 Å². The third kappa shape index (κ3) is 2.70. The molecule has 3 N–H and O–H groups in total. The smallest absolute Gasteiger partial charge is 0.323 e.